The molecule has 47 heavy (non-hydrogen) atoms. The van der Waals surface area contributed by atoms with Crippen molar-refractivity contribution in [2.24, 2.45) is 0 Å². The van der Waals surface area contributed by atoms with E-state index in [-0.39, 0.29) is 33.4 Å². The average molecular weight is 697 g/mol. The van der Waals surface area contributed by atoms with Crippen LogP contribution in [0.4, 0.5) is 0 Å². The predicted molar refractivity (Wildman–Crippen MR) is 205 cm³/mol. The summed E-state index contributed by atoms with van der Waals surface area (Å²) in [5.74, 6) is 0. The molecular weight excluding hydrogens is 633 g/mol. The fourth-order valence-corrected chi connectivity index (χ4v) is 13.2. The maximum atomic E-state index is 11.7. The van der Waals surface area contributed by atoms with Gasteiger partial charge in [0, 0.05) is 6.61 Å². The quantitative estimate of drug-likeness (QED) is 0.112. The third-order valence-electron chi connectivity index (χ3n) is 10.9. The molecule has 0 radical (unpaired) electrons. The van der Waals surface area contributed by atoms with E-state index in [0.717, 1.165) is 18.3 Å². The van der Waals surface area contributed by atoms with Crippen LogP contribution in [0.2, 0.25) is 41.3 Å². The van der Waals surface area contributed by atoms with Gasteiger partial charge in [0.25, 0.3) is 8.32 Å². The Morgan fingerprint density at radius 1 is 0.787 bits per heavy atom. The predicted octanol–water partition coefficient (Wildman–Crippen LogP) is 9.04. The molecule has 0 N–H and O–H groups in total. The van der Waals surface area contributed by atoms with Gasteiger partial charge in [-0.25, -0.2) is 0 Å². The van der Waals surface area contributed by atoms with Gasteiger partial charge in [-0.2, -0.15) is 0 Å². The molecule has 0 aromatic heterocycles. The lowest BCUT2D eigenvalue weighted by Gasteiger charge is -2.47. The minimum absolute atomic E-state index is 0.000565. The molecule has 2 aromatic rings. The molecule has 8 heteroatoms. The van der Waals surface area contributed by atoms with Crippen molar-refractivity contribution in [1.29, 1.82) is 0 Å². The van der Waals surface area contributed by atoms with Crippen molar-refractivity contribution in [3.05, 3.63) is 72.8 Å². The summed E-state index contributed by atoms with van der Waals surface area (Å²) in [7, 11) is -7.30. The fraction of sp³-hybridized carbons (Fsp3) is 0.615. The molecule has 262 valence electrons. The van der Waals surface area contributed by atoms with Gasteiger partial charge in [-0.05, 0) is 76.5 Å². The molecule has 0 unspecified atom stereocenters. The monoisotopic (exact) mass is 696 g/mol. The minimum Gasteiger partial charge on any atom is -0.411 e. The highest BCUT2D eigenvalue weighted by Gasteiger charge is 2.51. The van der Waals surface area contributed by atoms with Crippen molar-refractivity contribution < 1.29 is 22.8 Å². The highest BCUT2D eigenvalue weighted by Crippen LogP contribution is 2.43. The third kappa shape index (κ3) is 9.12. The Kier molecular flexibility index (Phi) is 12.8. The van der Waals surface area contributed by atoms with E-state index in [1.807, 2.05) is 0 Å². The van der Waals surface area contributed by atoms with Crippen molar-refractivity contribution in [3.8, 4) is 0 Å². The number of benzene rings is 2. The molecule has 1 saturated heterocycles. The van der Waals surface area contributed by atoms with E-state index in [9.17, 15) is 4.79 Å². The minimum atomic E-state index is -2.75. The van der Waals surface area contributed by atoms with Gasteiger partial charge in [-0.3, -0.25) is 0 Å². The second-order valence-corrected chi connectivity index (χ2v) is 31.3. The van der Waals surface area contributed by atoms with Crippen molar-refractivity contribution in [2.75, 3.05) is 6.61 Å². The van der Waals surface area contributed by atoms with Crippen LogP contribution >= 0.6 is 0 Å². The molecule has 5 nitrogen and oxygen atoms in total. The van der Waals surface area contributed by atoms with E-state index in [1.165, 1.54) is 10.4 Å². The van der Waals surface area contributed by atoms with Gasteiger partial charge in [-0.1, -0.05) is 130 Å². The first kappa shape index (κ1) is 39.8. The van der Waals surface area contributed by atoms with Crippen LogP contribution in [0.1, 0.15) is 81.6 Å². The zero-order valence-corrected chi connectivity index (χ0v) is 34.7. The molecule has 0 aliphatic carbocycles. The van der Waals surface area contributed by atoms with E-state index in [2.05, 4.69) is 156 Å². The molecule has 0 bridgehead atoms. The highest BCUT2D eigenvalue weighted by molar-refractivity contribution is 6.99. The Bertz CT molecular complexity index is 1270. The first-order valence-electron chi connectivity index (χ1n) is 17.5. The van der Waals surface area contributed by atoms with E-state index in [1.54, 1.807) is 0 Å². The summed E-state index contributed by atoms with van der Waals surface area (Å²) in [5.41, 5.74) is 0.883. The molecule has 3 rings (SSSR count). The first-order valence-corrected chi connectivity index (χ1v) is 25.2. The molecule has 4 atom stereocenters. The number of carbonyl (C=O) groups excluding carboxylic acids is 1. The number of hydrogen-bond acceptors (Lipinski definition) is 5. The summed E-state index contributed by atoms with van der Waals surface area (Å²) in [6, 6.07) is 21.6. The molecule has 0 spiro atoms. The summed E-state index contributed by atoms with van der Waals surface area (Å²) in [6.07, 6.45) is 1.71. The number of carbonyl (C=O) groups is 1. The van der Waals surface area contributed by atoms with E-state index in [4.69, 9.17) is 18.0 Å². The first-order chi connectivity index (χ1) is 21.6. The smallest absolute Gasteiger partial charge is 0.261 e. The Balaban J connectivity index is 2.11. The van der Waals surface area contributed by atoms with Gasteiger partial charge < -0.3 is 22.8 Å². The van der Waals surface area contributed by atoms with Crippen LogP contribution in [-0.2, 0) is 22.8 Å². The van der Waals surface area contributed by atoms with E-state index >= 15 is 0 Å². The lowest BCUT2D eigenvalue weighted by atomic mass is 9.97. The summed E-state index contributed by atoms with van der Waals surface area (Å²) in [5, 5.41) is 2.38. The SMILES string of the molecule is C=C([C@@H]1CC[C@@H](C=O)O1)[C@@H](O[Si](C)(C)C(C)(C)C)[C@@H](CCO[Si](c1ccccc1)(c1ccccc1)C(C)(C)C)O[Si](C)(C)C(C)(C)C. The molecule has 2 aromatic carbocycles. The zero-order chi connectivity index (χ0) is 35.5. The Hall–Kier alpha value is -1.66. The lowest BCUT2D eigenvalue weighted by Crippen LogP contribution is -2.66. The summed E-state index contributed by atoms with van der Waals surface area (Å²) in [4.78, 5) is 11.7. The largest absolute Gasteiger partial charge is 0.411 e. The topological polar surface area (TPSA) is 54.0 Å². The number of hydrogen-bond donors (Lipinski definition) is 0. The standard InChI is InChI=1S/C39H64O5Si3/c1-30(34-26-25-31(29-40)42-34)36(44-46(13,14)38(5,6)7)35(43-45(11,12)37(2,3)4)27-28-41-47(39(8,9)10,32-21-17-15-18-22-32)33-23-19-16-20-24-33/h15-24,29,31,34-36H,1,25-28H2,2-14H3/t31-,34-,35+,36+/m0/s1. The average Bonchev–Trinajstić information content (AvgIpc) is 3.46. The van der Waals surface area contributed by atoms with Crippen molar-refractivity contribution in [1.82, 2.24) is 0 Å². The number of rotatable bonds is 14. The Labute approximate surface area is 290 Å². The van der Waals surface area contributed by atoms with Crippen LogP contribution in [0.25, 0.3) is 0 Å². The van der Waals surface area contributed by atoms with E-state index in [0.29, 0.717) is 19.4 Å². The second kappa shape index (κ2) is 15.1. The van der Waals surface area contributed by atoms with Gasteiger partial charge in [0.15, 0.2) is 16.6 Å². The third-order valence-corrected chi connectivity index (χ3v) is 24.9. The maximum absolute atomic E-state index is 11.7. The van der Waals surface area contributed by atoms with Crippen LogP contribution in [0.15, 0.2) is 72.8 Å². The molecule has 1 aliphatic rings. The van der Waals surface area contributed by atoms with Gasteiger partial charge in [0.1, 0.15) is 12.4 Å². The molecule has 1 fully saturated rings. The molecule has 0 saturated carbocycles. The summed E-state index contributed by atoms with van der Waals surface area (Å²) >= 11 is 0. The zero-order valence-electron chi connectivity index (χ0n) is 31.7. The normalized spacial score (nSPS) is 19.8. The van der Waals surface area contributed by atoms with Gasteiger partial charge in [-0.15, -0.1) is 0 Å². The Morgan fingerprint density at radius 2 is 1.26 bits per heavy atom. The van der Waals surface area contributed by atoms with Crippen LogP contribution in [0.5, 0.6) is 0 Å². The van der Waals surface area contributed by atoms with Crippen molar-refractivity contribution in [3.63, 3.8) is 0 Å². The fourth-order valence-electron chi connectivity index (χ4n) is 6.02. The molecule has 1 heterocycles. The molecule has 1 aliphatic heterocycles. The van der Waals surface area contributed by atoms with Gasteiger partial charge >= 0.3 is 0 Å². The highest BCUT2D eigenvalue weighted by atomic mass is 28.4. The van der Waals surface area contributed by atoms with Crippen LogP contribution in [0, 0.1) is 0 Å². The second-order valence-electron chi connectivity index (χ2n) is 17.5. The lowest BCUT2D eigenvalue weighted by molar-refractivity contribution is -0.117. The van der Waals surface area contributed by atoms with E-state index < -0.39 is 31.1 Å². The summed E-state index contributed by atoms with van der Waals surface area (Å²) in [6.45, 7) is 34.9. The summed E-state index contributed by atoms with van der Waals surface area (Å²) < 4.78 is 28.3. The maximum Gasteiger partial charge on any atom is 0.261 e. The van der Waals surface area contributed by atoms with Crippen LogP contribution < -0.4 is 10.4 Å². The number of ether oxygens (including phenoxy) is 1. The van der Waals surface area contributed by atoms with Gasteiger partial charge in [0.05, 0.1) is 18.3 Å². The molecular formula is C39H64O5Si3. The number of aldehydes is 1. The molecule has 0 amide bonds. The van der Waals surface area contributed by atoms with Crippen molar-refractivity contribution in [2.45, 2.75) is 147 Å². The Morgan fingerprint density at radius 3 is 1.66 bits per heavy atom. The van der Waals surface area contributed by atoms with Gasteiger partial charge in [0.2, 0.25) is 0 Å². The van der Waals surface area contributed by atoms with Crippen molar-refractivity contribution >= 4 is 41.6 Å². The van der Waals surface area contributed by atoms with Crippen LogP contribution in [0.3, 0.4) is 0 Å². The van der Waals surface area contributed by atoms with Crippen LogP contribution in [-0.4, -0.2) is 62.3 Å².